The molecular formula is C27H20S. The Bertz CT molecular complexity index is 1040. The molecule has 0 N–H and O–H groups in total. The Kier molecular flexibility index (Phi) is 5.83. The lowest BCUT2D eigenvalue weighted by Crippen LogP contribution is -1.94. The first-order valence-corrected chi connectivity index (χ1v) is 10.2. The van der Waals surface area contributed by atoms with E-state index in [2.05, 4.69) is 108 Å². The second kappa shape index (κ2) is 9.04. The van der Waals surface area contributed by atoms with Gasteiger partial charge in [-0.15, -0.1) is 11.3 Å². The average Bonchev–Trinajstić information content (AvgIpc) is 3.31. The third-order valence-corrected chi connectivity index (χ3v) is 5.45. The lowest BCUT2D eigenvalue weighted by Gasteiger charge is -2.12. The van der Waals surface area contributed by atoms with E-state index >= 15 is 0 Å². The molecule has 0 amide bonds. The maximum atomic E-state index is 3.49. The summed E-state index contributed by atoms with van der Waals surface area (Å²) in [4.78, 5) is 1.26. The Morgan fingerprint density at radius 2 is 1.25 bits per heavy atom. The number of allylic oxidation sites excluding steroid dienone is 1. The van der Waals surface area contributed by atoms with E-state index < -0.39 is 0 Å². The molecule has 1 atom stereocenters. The highest BCUT2D eigenvalue weighted by molar-refractivity contribution is 7.10. The Morgan fingerprint density at radius 1 is 0.679 bits per heavy atom. The van der Waals surface area contributed by atoms with Gasteiger partial charge in [0, 0.05) is 10.4 Å². The van der Waals surface area contributed by atoms with E-state index in [-0.39, 0.29) is 5.92 Å². The van der Waals surface area contributed by atoms with Crippen LogP contribution in [0.5, 0.6) is 0 Å². The molecule has 0 aliphatic rings. The first kappa shape index (κ1) is 18.0. The smallest absolute Gasteiger partial charge is 0.0738 e. The van der Waals surface area contributed by atoms with Gasteiger partial charge in [-0.05, 0) is 40.3 Å². The van der Waals surface area contributed by atoms with E-state index in [1.165, 1.54) is 21.6 Å². The molecule has 0 spiro atoms. The largest absolute Gasteiger partial charge is 0.147 e. The van der Waals surface area contributed by atoms with Gasteiger partial charge >= 0.3 is 0 Å². The van der Waals surface area contributed by atoms with Crippen LogP contribution in [0.2, 0.25) is 0 Å². The number of rotatable bonds is 4. The molecule has 1 heterocycles. The number of thiophene rings is 1. The summed E-state index contributed by atoms with van der Waals surface area (Å²) < 4.78 is 0. The van der Waals surface area contributed by atoms with E-state index in [1.807, 2.05) is 18.2 Å². The fourth-order valence-corrected chi connectivity index (χ4v) is 3.85. The normalized spacial score (nSPS) is 11.1. The van der Waals surface area contributed by atoms with Crippen LogP contribution in [0.3, 0.4) is 0 Å². The van der Waals surface area contributed by atoms with Gasteiger partial charge in [-0.25, -0.2) is 0 Å². The van der Waals surface area contributed by atoms with Gasteiger partial charge in [-0.2, -0.15) is 0 Å². The average molecular weight is 377 g/mol. The van der Waals surface area contributed by atoms with Gasteiger partial charge in [0.15, 0.2) is 0 Å². The van der Waals surface area contributed by atoms with Crippen molar-refractivity contribution in [1.29, 1.82) is 0 Å². The lowest BCUT2D eigenvalue weighted by molar-refractivity contribution is 1.17. The van der Waals surface area contributed by atoms with Gasteiger partial charge in [-0.3, -0.25) is 0 Å². The Balaban J connectivity index is 1.81. The Morgan fingerprint density at radius 3 is 1.79 bits per heavy atom. The van der Waals surface area contributed by atoms with Crippen molar-refractivity contribution < 1.29 is 0 Å². The van der Waals surface area contributed by atoms with E-state index in [9.17, 15) is 0 Å². The molecule has 0 radical (unpaired) electrons. The topological polar surface area (TPSA) is 0 Å². The summed E-state index contributed by atoms with van der Waals surface area (Å²) >= 11 is 1.75. The third-order valence-electron chi connectivity index (χ3n) is 4.50. The first-order valence-electron chi connectivity index (χ1n) is 9.33. The summed E-state index contributed by atoms with van der Waals surface area (Å²) in [6.07, 6.45) is 2.30. The standard InChI is InChI=1S/C27H20S/c1-4-11-22(12-5-1)18-19-25(27-17-10-20-28-27)21-26(23-13-6-2-7-14-23)24-15-8-3-9-16-24/h1-17,20-21,25H. The molecule has 4 rings (SSSR count). The minimum Gasteiger partial charge on any atom is -0.147 e. The van der Waals surface area contributed by atoms with Crippen molar-refractivity contribution in [3.05, 3.63) is 136 Å². The Hall–Kier alpha value is -3.34. The second-order valence-electron chi connectivity index (χ2n) is 6.44. The highest BCUT2D eigenvalue weighted by Crippen LogP contribution is 2.30. The van der Waals surface area contributed by atoms with Crippen LogP contribution in [0.15, 0.2) is 115 Å². The Labute approximate surface area is 170 Å². The van der Waals surface area contributed by atoms with Crippen LogP contribution in [-0.2, 0) is 0 Å². The molecule has 28 heavy (non-hydrogen) atoms. The van der Waals surface area contributed by atoms with Crippen molar-refractivity contribution >= 4 is 16.9 Å². The van der Waals surface area contributed by atoms with Crippen molar-refractivity contribution in [2.75, 3.05) is 0 Å². The number of hydrogen-bond donors (Lipinski definition) is 0. The molecule has 0 saturated carbocycles. The van der Waals surface area contributed by atoms with Crippen molar-refractivity contribution in [2.45, 2.75) is 5.92 Å². The molecule has 0 aliphatic carbocycles. The van der Waals surface area contributed by atoms with E-state index in [4.69, 9.17) is 0 Å². The SMILES string of the molecule is C(#CC(C=C(c1ccccc1)c1ccccc1)c1cccs1)c1ccccc1. The maximum Gasteiger partial charge on any atom is 0.0738 e. The van der Waals surface area contributed by atoms with Crippen LogP contribution in [0.25, 0.3) is 5.57 Å². The number of benzene rings is 3. The van der Waals surface area contributed by atoms with Gasteiger partial charge < -0.3 is 0 Å². The van der Waals surface area contributed by atoms with Crippen molar-refractivity contribution in [2.24, 2.45) is 0 Å². The minimum atomic E-state index is 0.0376. The van der Waals surface area contributed by atoms with Crippen LogP contribution in [0.1, 0.15) is 27.5 Å². The molecule has 3 aromatic carbocycles. The fourth-order valence-electron chi connectivity index (χ4n) is 3.11. The number of hydrogen-bond acceptors (Lipinski definition) is 1. The van der Waals surface area contributed by atoms with Gasteiger partial charge in [0.25, 0.3) is 0 Å². The zero-order chi connectivity index (χ0) is 19.0. The third kappa shape index (κ3) is 4.49. The van der Waals surface area contributed by atoms with Gasteiger partial charge in [0.2, 0.25) is 0 Å². The summed E-state index contributed by atoms with van der Waals surface area (Å²) in [5, 5.41) is 2.12. The van der Waals surface area contributed by atoms with Crippen LogP contribution in [0.4, 0.5) is 0 Å². The molecule has 1 unspecified atom stereocenters. The molecule has 0 saturated heterocycles. The molecule has 0 fully saturated rings. The van der Waals surface area contributed by atoms with Gasteiger partial charge in [0.05, 0.1) is 5.92 Å². The van der Waals surface area contributed by atoms with Crippen molar-refractivity contribution in [1.82, 2.24) is 0 Å². The predicted molar refractivity (Wildman–Crippen MR) is 120 cm³/mol. The predicted octanol–water partition coefficient (Wildman–Crippen LogP) is 7.02. The molecule has 1 heteroatoms. The summed E-state index contributed by atoms with van der Waals surface area (Å²) in [7, 11) is 0. The molecule has 1 aromatic heterocycles. The molecule has 0 nitrogen and oxygen atoms in total. The minimum absolute atomic E-state index is 0.0376. The van der Waals surface area contributed by atoms with E-state index in [0.717, 1.165) is 5.56 Å². The zero-order valence-electron chi connectivity index (χ0n) is 15.5. The van der Waals surface area contributed by atoms with Gasteiger partial charge in [0.1, 0.15) is 0 Å². The van der Waals surface area contributed by atoms with Crippen molar-refractivity contribution in [3.8, 4) is 11.8 Å². The zero-order valence-corrected chi connectivity index (χ0v) is 16.3. The lowest BCUT2D eigenvalue weighted by atomic mass is 9.93. The molecule has 0 aliphatic heterocycles. The second-order valence-corrected chi connectivity index (χ2v) is 7.42. The van der Waals surface area contributed by atoms with E-state index in [1.54, 1.807) is 11.3 Å². The van der Waals surface area contributed by atoms with Crippen LogP contribution >= 0.6 is 11.3 Å². The fraction of sp³-hybridized carbons (Fsp3) is 0.0370. The maximum absolute atomic E-state index is 3.49. The molecule has 4 aromatic rings. The van der Waals surface area contributed by atoms with Crippen LogP contribution in [0, 0.1) is 11.8 Å². The summed E-state index contributed by atoms with van der Waals surface area (Å²) in [6.45, 7) is 0. The first-order chi connectivity index (χ1) is 13.9. The molecule has 0 bridgehead atoms. The van der Waals surface area contributed by atoms with Crippen molar-refractivity contribution in [3.63, 3.8) is 0 Å². The highest BCUT2D eigenvalue weighted by atomic mass is 32.1. The van der Waals surface area contributed by atoms with E-state index in [0.29, 0.717) is 0 Å². The van der Waals surface area contributed by atoms with Crippen LogP contribution in [-0.4, -0.2) is 0 Å². The quantitative estimate of drug-likeness (QED) is 0.336. The molecule has 134 valence electrons. The highest BCUT2D eigenvalue weighted by Gasteiger charge is 2.11. The monoisotopic (exact) mass is 376 g/mol. The van der Waals surface area contributed by atoms with Gasteiger partial charge in [-0.1, -0.05) is 103 Å². The van der Waals surface area contributed by atoms with Crippen LogP contribution < -0.4 is 0 Å². The summed E-state index contributed by atoms with van der Waals surface area (Å²) in [5.74, 6) is 6.88. The summed E-state index contributed by atoms with van der Waals surface area (Å²) in [5.41, 5.74) is 4.66. The molecular weight excluding hydrogens is 356 g/mol. The summed E-state index contributed by atoms with van der Waals surface area (Å²) in [6, 6.07) is 35.5.